The first-order valence-electron chi connectivity index (χ1n) is 6.82. The minimum atomic E-state index is -0.320. The van der Waals surface area contributed by atoms with Crippen LogP contribution in [0.25, 0.3) is 0 Å². The highest BCUT2D eigenvalue weighted by molar-refractivity contribution is 5.35. The van der Waals surface area contributed by atoms with Crippen LogP contribution in [-0.2, 0) is 12.8 Å². The van der Waals surface area contributed by atoms with Crippen molar-refractivity contribution in [1.29, 1.82) is 0 Å². The number of halogens is 1. The molecule has 2 N–H and O–H groups in total. The molecule has 0 aliphatic rings. The topological polar surface area (TPSA) is 35.2 Å². The summed E-state index contributed by atoms with van der Waals surface area (Å²) >= 11 is 0. The SMILES string of the molecule is CCc1ccccc1C(N)Cc1cccc(OC)c1F. The van der Waals surface area contributed by atoms with Crippen molar-refractivity contribution in [3.63, 3.8) is 0 Å². The molecule has 0 bridgehead atoms. The van der Waals surface area contributed by atoms with Gasteiger partial charge in [-0.25, -0.2) is 4.39 Å². The molecular formula is C17H20FNO. The van der Waals surface area contributed by atoms with Crippen LogP contribution in [0.4, 0.5) is 4.39 Å². The maximum atomic E-state index is 14.2. The second kappa shape index (κ2) is 6.53. The van der Waals surface area contributed by atoms with Crippen LogP contribution in [0.1, 0.15) is 29.7 Å². The van der Waals surface area contributed by atoms with Gasteiger partial charge in [0.25, 0.3) is 0 Å². The lowest BCUT2D eigenvalue weighted by Gasteiger charge is -2.17. The van der Waals surface area contributed by atoms with Gasteiger partial charge in [-0.15, -0.1) is 0 Å². The van der Waals surface area contributed by atoms with Crippen LogP contribution in [0, 0.1) is 5.82 Å². The maximum absolute atomic E-state index is 14.2. The summed E-state index contributed by atoms with van der Waals surface area (Å²) in [5.74, 6) is -0.0575. The summed E-state index contributed by atoms with van der Waals surface area (Å²) in [4.78, 5) is 0. The van der Waals surface area contributed by atoms with Gasteiger partial charge in [-0.05, 0) is 35.6 Å². The highest BCUT2D eigenvalue weighted by atomic mass is 19.1. The molecule has 2 aromatic carbocycles. The molecule has 20 heavy (non-hydrogen) atoms. The summed E-state index contributed by atoms with van der Waals surface area (Å²) in [6, 6.07) is 13.0. The monoisotopic (exact) mass is 273 g/mol. The summed E-state index contributed by atoms with van der Waals surface area (Å²) in [5.41, 5.74) is 9.13. The molecule has 2 rings (SSSR count). The van der Waals surface area contributed by atoms with E-state index in [2.05, 4.69) is 13.0 Å². The Kier molecular flexibility index (Phi) is 4.74. The molecule has 2 nitrogen and oxygen atoms in total. The largest absolute Gasteiger partial charge is 0.494 e. The summed E-state index contributed by atoms with van der Waals surface area (Å²) in [7, 11) is 1.47. The average molecular weight is 273 g/mol. The summed E-state index contributed by atoms with van der Waals surface area (Å²) in [5, 5.41) is 0. The first-order chi connectivity index (χ1) is 9.67. The third kappa shape index (κ3) is 2.99. The lowest BCUT2D eigenvalue weighted by molar-refractivity contribution is 0.383. The highest BCUT2D eigenvalue weighted by Gasteiger charge is 2.15. The van der Waals surface area contributed by atoms with Crippen molar-refractivity contribution in [2.24, 2.45) is 5.73 Å². The molecule has 0 aliphatic carbocycles. The van der Waals surface area contributed by atoms with E-state index < -0.39 is 0 Å². The van der Waals surface area contributed by atoms with Gasteiger partial charge in [-0.1, -0.05) is 43.3 Å². The quantitative estimate of drug-likeness (QED) is 0.902. The van der Waals surface area contributed by atoms with E-state index in [1.807, 2.05) is 18.2 Å². The molecule has 3 heteroatoms. The first-order valence-corrected chi connectivity index (χ1v) is 6.82. The molecule has 0 aromatic heterocycles. The Hall–Kier alpha value is -1.87. The van der Waals surface area contributed by atoms with Crippen LogP contribution in [0.5, 0.6) is 5.75 Å². The normalized spacial score (nSPS) is 12.2. The van der Waals surface area contributed by atoms with Crippen molar-refractivity contribution in [3.8, 4) is 5.75 Å². The summed E-state index contributed by atoms with van der Waals surface area (Å²) < 4.78 is 19.2. The lowest BCUT2D eigenvalue weighted by Crippen LogP contribution is -2.16. The van der Waals surface area contributed by atoms with Crippen molar-refractivity contribution in [2.45, 2.75) is 25.8 Å². The fraction of sp³-hybridized carbons (Fsp3) is 0.294. The predicted molar refractivity (Wildman–Crippen MR) is 79.4 cm³/mol. The molecular weight excluding hydrogens is 253 g/mol. The van der Waals surface area contributed by atoms with Crippen LogP contribution >= 0.6 is 0 Å². The van der Waals surface area contributed by atoms with Gasteiger partial charge in [0.15, 0.2) is 11.6 Å². The van der Waals surface area contributed by atoms with Crippen LogP contribution in [-0.4, -0.2) is 7.11 Å². The lowest BCUT2D eigenvalue weighted by atomic mass is 9.94. The standard InChI is InChI=1S/C17H20FNO/c1-3-12-7-4-5-9-14(12)15(19)11-13-8-6-10-16(20-2)17(13)18/h4-10,15H,3,11,19H2,1-2H3. The van der Waals surface area contributed by atoms with E-state index in [9.17, 15) is 4.39 Å². The number of rotatable bonds is 5. The highest BCUT2D eigenvalue weighted by Crippen LogP contribution is 2.25. The number of ether oxygens (including phenoxy) is 1. The van der Waals surface area contributed by atoms with Crippen molar-refractivity contribution in [3.05, 3.63) is 65.0 Å². The molecule has 106 valence electrons. The Morgan fingerprint density at radius 2 is 1.80 bits per heavy atom. The van der Waals surface area contributed by atoms with Crippen molar-refractivity contribution in [2.75, 3.05) is 7.11 Å². The Morgan fingerprint density at radius 1 is 1.10 bits per heavy atom. The molecule has 0 aliphatic heterocycles. The molecule has 0 spiro atoms. The number of hydrogen-bond donors (Lipinski definition) is 1. The van der Waals surface area contributed by atoms with E-state index in [1.54, 1.807) is 18.2 Å². The fourth-order valence-electron chi connectivity index (χ4n) is 2.44. The van der Waals surface area contributed by atoms with Gasteiger partial charge >= 0.3 is 0 Å². The molecule has 1 unspecified atom stereocenters. The molecule has 2 aromatic rings. The zero-order valence-electron chi connectivity index (χ0n) is 11.9. The predicted octanol–water partition coefficient (Wildman–Crippen LogP) is 3.64. The van der Waals surface area contributed by atoms with E-state index in [1.165, 1.54) is 12.7 Å². The minimum absolute atomic E-state index is 0.215. The van der Waals surface area contributed by atoms with E-state index in [-0.39, 0.29) is 17.6 Å². The molecule has 1 atom stereocenters. The number of aryl methyl sites for hydroxylation is 1. The average Bonchev–Trinajstić information content (AvgIpc) is 2.49. The van der Waals surface area contributed by atoms with E-state index in [4.69, 9.17) is 10.5 Å². The van der Waals surface area contributed by atoms with E-state index in [0.29, 0.717) is 12.0 Å². The fourth-order valence-corrected chi connectivity index (χ4v) is 2.44. The Morgan fingerprint density at radius 3 is 2.50 bits per heavy atom. The zero-order valence-corrected chi connectivity index (χ0v) is 11.9. The number of hydrogen-bond acceptors (Lipinski definition) is 2. The van der Waals surface area contributed by atoms with E-state index in [0.717, 1.165) is 12.0 Å². The molecule has 0 heterocycles. The van der Waals surface area contributed by atoms with Gasteiger partial charge in [-0.2, -0.15) is 0 Å². The van der Waals surface area contributed by atoms with Crippen molar-refractivity contribution >= 4 is 0 Å². The molecule has 0 saturated heterocycles. The third-order valence-corrected chi connectivity index (χ3v) is 3.54. The van der Waals surface area contributed by atoms with Gasteiger partial charge in [0.1, 0.15) is 0 Å². The first kappa shape index (κ1) is 14.5. The molecule has 0 fully saturated rings. The molecule has 0 saturated carbocycles. The van der Waals surface area contributed by atoms with Crippen LogP contribution in [0.3, 0.4) is 0 Å². The summed E-state index contributed by atoms with van der Waals surface area (Å²) in [6.45, 7) is 2.09. The van der Waals surface area contributed by atoms with Crippen LogP contribution < -0.4 is 10.5 Å². The minimum Gasteiger partial charge on any atom is -0.494 e. The Balaban J connectivity index is 2.26. The maximum Gasteiger partial charge on any atom is 0.168 e. The van der Waals surface area contributed by atoms with Gasteiger partial charge in [0.05, 0.1) is 7.11 Å². The van der Waals surface area contributed by atoms with E-state index >= 15 is 0 Å². The van der Waals surface area contributed by atoms with Crippen molar-refractivity contribution in [1.82, 2.24) is 0 Å². The van der Waals surface area contributed by atoms with Gasteiger partial charge in [0, 0.05) is 6.04 Å². The van der Waals surface area contributed by atoms with Gasteiger partial charge in [0.2, 0.25) is 0 Å². The van der Waals surface area contributed by atoms with Gasteiger partial charge < -0.3 is 10.5 Å². The third-order valence-electron chi connectivity index (χ3n) is 3.54. The second-order valence-electron chi connectivity index (χ2n) is 4.80. The number of methoxy groups -OCH3 is 1. The smallest absolute Gasteiger partial charge is 0.168 e. The van der Waals surface area contributed by atoms with Crippen molar-refractivity contribution < 1.29 is 9.13 Å². The Labute approximate surface area is 119 Å². The zero-order chi connectivity index (χ0) is 14.5. The molecule has 0 amide bonds. The number of nitrogens with two attached hydrogens (primary N) is 1. The Bertz CT molecular complexity index is 583. The second-order valence-corrected chi connectivity index (χ2v) is 4.80. The molecule has 0 radical (unpaired) electrons. The van der Waals surface area contributed by atoms with Crippen LogP contribution in [0.2, 0.25) is 0 Å². The van der Waals surface area contributed by atoms with Crippen LogP contribution in [0.15, 0.2) is 42.5 Å². The number of benzene rings is 2. The summed E-state index contributed by atoms with van der Waals surface area (Å²) in [6.07, 6.45) is 1.38. The van der Waals surface area contributed by atoms with Gasteiger partial charge in [-0.3, -0.25) is 0 Å².